The third-order valence-corrected chi connectivity index (χ3v) is 14.4. The maximum Gasteiger partial charge on any atom is 0.136 e. The van der Waals surface area contributed by atoms with Crippen LogP contribution in [0.25, 0.3) is 54.9 Å². The van der Waals surface area contributed by atoms with Crippen molar-refractivity contribution in [2.75, 3.05) is 9.80 Å². The Kier molecular flexibility index (Phi) is 9.15. The third kappa shape index (κ3) is 6.18. The molecule has 0 radical (unpaired) electrons. The molecule has 4 heteroatoms. The first-order valence-electron chi connectivity index (χ1n) is 21.9. The third-order valence-electron chi connectivity index (χ3n) is 14.4. The molecule has 0 bridgehead atoms. The fourth-order valence-electron chi connectivity index (χ4n) is 9.58. The van der Waals surface area contributed by atoms with Crippen molar-refractivity contribution < 1.29 is 0 Å². The summed E-state index contributed by atoms with van der Waals surface area (Å²) in [6.45, 7) is 18.1. The zero-order valence-corrected chi connectivity index (χ0v) is 37.1. The van der Waals surface area contributed by atoms with Gasteiger partial charge in [0.05, 0.1) is 22.2 Å². The van der Waals surface area contributed by atoms with Crippen molar-refractivity contribution in [3.05, 3.63) is 193 Å². The minimum absolute atomic E-state index is 0.202. The van der Waals surface area contributed by atoms with Gasteiger partial charge in [-0.1, -0.05) is 158 Å². The Morgan fingerprint density at radius 3 is 0.903 bits per heavy atom. The SMILES string of the molecule is CC1(C)N=C(c2ccc(-c3ccc(-c4ccc(-c5ccc(C6=NC(C)(C)C(C)(C)N6c6ccccc6)cc5)c5ccccc45)c4ccccc34)cc2)N(c2ccccc2)C1(C)C. The molecule has 0 saturated carbocycles. The molecular formula is C58H54N4. The minimum atomic E-state index is -0.263. The Labute approximate surface area is 366 Å². The molecule has 0 amide bonds. The topological polar surface area (TPSA) is 31.2 Å². The molecule has 8 aromatic rings. The number of rotatable bonds is 7. The van der Waals surface area contributed by atoms with E-state index >= 15 is 0 Å². The van der Waals surface area contributed by atoms with E-state index < -0.39 is 0 Å². The lowest BCUT2D eigenvalue weighted by Gasteiger charge is -2.41. The molecule has 0 atom stereocenters. The lowest BCUT2D eigenvalue weighted by molar-refractivity contribution is 0.338. The maximum absolute atomic E-state index is 5.33. The van der Waals surface area contributed by atoms with Crippen LogP contribution >= 0.6 is 0 Å². The summed E-state index contributed by atoms with van der Waals surface area (Å²) in [5.74, 6) is 2.02. The van der Waals surface area contributed by atoms with Crippen molar-refractivity contribution in [2.24, 2.45) is 9.98 Å². The highest BCUT2D eigenvalue weighted by atomic mass is 15.3. The lowest BCUT2D eigenvalue weighted by atomic mass is 9.83. The molecule has 10 rings (SSSR count). The molecule has 8 aromatic carbocycles. The standard InChI is InChI=1S/C58H54N4/c1-55(2)57(5,6)61(43-19-11-9-12-20-43)53(59-55)41-31-27-39(28-32-41)45-35-37-51(49-25-17-15-23-47(45)49)52-38-36-46(48-24-16-18-26-50(48)52)40-29-33-42(34-30-40)54-60-56(3,4)58(7,8)62(54)44-21-13-10-14-22-44/h9-38H,1-8H3. The van der Waals surface area contributed by atoms with Crippen LogP contribution in [0, 0.1) is 0 Å². The second kappa shape index (κ2) is 14.4. The predicted molar refractivity (Wildman–Crippen MR) is 265 cm³/mol. The molecule has 4 nitrogen and oxygen atoms in total. The monoisotopic (exact) mass is 806 g/mol. The van der Waals surface area contributed by atoms with E-state index in [-0.39, 0.29) is 22.2 Å². The van der Waals surface area contributed by atoms with Gasteiger partial charge < -0.3 is 9.80 Å². The molecule has 2 aliphatic rings. The van der Waals surface area contributed by atoms with Crippen molar-refractivity contribution >= 4 is 44.6 Å². The molecule has 62 heavy (non-hydrogen) atoms. The second-order valence-electron chi connectivity index (χ2n) is 19.0. The van der Waals surface area contributed by atoms with Crippen LogP contribution in [-0.2, 0) is 0 Å². The molecule has 2 aliphatic heterocycles. The molecule has 0 saturated heterocycles. The van der Waals surface area contributed by atoms with Gasteiger partial charge in [0.1, 0.15) is 11.7 Å². The van der Waals surface area contributed by atoms with E-state index in [1.54, 1.807) is 0 Å². The van der Waals surface area contributed by atoms with Crippen molar-refractivity contribution in [3.8, 4) is 33.4 Å². The molecule has 0 spiro atoms. The Hall–Kier alpha value is -6.78. The Balaban J connectivity index is 0.994. The quantitative estimate of drug-likeness (QED) is 0.161. The molecule has 306 valence electrons. The highest BCUT2D eigenvalue weighted by Gasteiger charge is 2.50. The van der Waals surface area contributed by atoms with Gasteiger partial charge in [0, 0.05) is 22.5 Å². The average molecular weight is 807 g/mol. The van der Waals surface area contributed by atoms with Gasteiger partial charge in [-0.2, -0.15) is 0 Å². The molecular weight excluding hydrogens is 753 g/mol. The van der Waals surface area contributed by atoms with Crippen LogP contribution in [0.3, 0.4) is 0 Å². The summed E-state index contributed by atoms with van der Waals surface area (Å²) < 4.78 is 0. The van der Waals surface area contributed by atoms with Crippen molar-refractivity contribution in [1.82, 2.24) is 0 Å². The van der Waals surface area contributed by atoms with E-state index in [1.807, 2.05) is 0 Å². The van der Waals surface area contributed by atoms with Gasteiger partial charge >= 0.3 is 0 Å². The van der Waals surface area contributed by atoms with Gasteiger partial charge in [-0.15, -0.1) is 0 Å². The molecule has 0 N–H and O–H groups in total. The number of hydrogen-bond donors (Lipinski definition) is 0. The predicted octanol–water partition coefficient (Wildman–Crippen LogP) is 14.6. The van der Waals surface area contributed by atoms with Gasteiger partial charge in [-0.05, 0) is 135 Å². The minimum Gasteiger partial charge on any atom is -0.318 e. The number of anilines is 2. The first kappa shape index (κ1) is 39.4. The highest BCUT2D eigenvalue weighted by Crippen LogP contribution is 2.45. The number of hydrogen-bond acceptors (Lipinski definition) is 4. The van der Waals surface area contributed by atoms with Gasteiger partial charge in [0.15, 0.2) is 0 Å². The summed E-state index contributed by atoms with van der Waals surface area (Å²) in [7, 11) is 0. The molecule has 0 aliphatic carbocycles. The number of nitrogens with zero attached hydrogens (tertiary/aromatic N) is 4. The summed E-state index contributed by atoms with van der Waals surface area (Å²) in [5, 5.41) is 4.94. The van der Waals surface area contributed by atoms with E-state index in [9.17, 15) is 0 Å². The fourth-order valence-corrected chi connectivity index (χ4v) is 9.58. The van der Waals surface area contributed by atoms with Crippen molar-refractivity contribution in [3.63, 3.8) is 0 Å². The van der Waals surface area contributed by atoms with E-state index in [0.29, 0.717) is 0 Å². The van der Waals surface area contributed by atoms with E-state index in [1.165, 1.54) is 54.9 Å². The summed E-state index contributed by atoms with van der Waals surface area (Å²) >= 11 is 0. The molecule has 2 heterocycles. The Morgan fingerprint density at radius 2 is 0.565 bits per heavy atom. The van der Waals surface area contributed by atoms with Crippen LogP contribution < -0.4 is 9.80 Å². The number of fused-ring (bicyclic) bond motifs is 2. The highest BCUT2D eigenvalue weighted by molar-refractivity contribution is 6.15. The van der Waals surface area contributed by atoms with Crippen LogP contribution in [0.1, 0.15) is 66.5 Å². The summed E-state index contributed by atoms with van der Waals surface area (Å²) in [4.78, 5) is 15.5. The Bertz CT molecular complexity index is 2830. The summed E-state index contributed by atoms with van der Waals surface area (Å²) in [6, 6.07) is 66.2. The van der Waals surface area contributed by atoms with E-state index in [4.69, 9.17) is 9.98 Å². The second-order valence-corrected chi connectivity index (χ2v) is 19.0. The lowest BCUT2D eigenvalue weighted by Crippen LogP contribution is -2.53. The average Bonchev–Trinajstić information content (AvgIpc) is 3.61. The van der Waals surface area contributed by atoms with Crippen LogP contribution in [0.4, 0.5) is 11.4 Å². The van der Waals surface area contributed by atoms with Crippen LogP contribution in [0.15, 0.2) is 192 Å². The number of para-hydroxylation sites is 2. The number of aliphatic imine (C=N–C) groups is 2. The van der Waals surface area contributed by atoms with Crippen molar-refractivity contribution in [2.45, 2.75) is 77.5 Å². The molecule has 0 unspecified atom stereocenters. The molecule has 0 fully saturated rings. The zero-order valence-electron chi connectivity index (χ0n) is 37.1. The van der Waals surface area contributed by atoms with E-state index in [0.717, 1.165) is 34.2 Å². The van der Waals surface area contributed by atoms with Gasteiger partial charge in [-0.3, -0.25) is 9.98 Å². The smallest absolute Gasteiger partial charge is 0.136 e. The van der Waals surface area contributed by atoms with Gasteiger partial charge in [0.25, 0.3) is 0 Å². The summed E-state index contributed by atoms with van der Waals surface area (Å²) in [6.07, 6.45) is 0. The Morgan fingerprint density at radius 1 is 0.290 bits per heavy atom. The number of benzene rings is 8. The first-order valence-corrected chi connectivity index (χ1v) is 21.9. The van der Waals surface area contributed by atoms with Crippen LogP contribution in [0.2, 0.25) is 0 Å². The van der Waals surface area contributed by atoms with Gasteiger partial charge in [0.2, 0.25) is 0 Å². The molecule has 0 aromatic heterocycles. The maximum atomic E-state index is 5.33. The zero-order chi connectivity index (χ0) is 43.0. The van der Waals surface area contributed by atoms with E-state index in [2.05, 4.69) is 247 Å². The van der Waals surface area contributed by atoms with Crippen LogP contribution in [0.5, 0.6) is 0 Å². The van der Waals surface area contributed by atoms with Crippen LogP contribution in [-0.4, -0.2) is 33.8 Å². The fraction of sp³-hybridized carbons (Fsp3) is 0.207. The normalized spacial score (nSPS) is 17.4. The van der Waals surface area contributed by atoms with Crippen molar-refractivity contribution in [1.29, 1.82) is 0 Å². The largest absolute Gasteiger partial charge is 0.318 e. The number of amidine groups is 2. The summed E-state index contributed by atoms with van der Waals surface area (Å²) in [5.41, 5.74) is 10.9. The first-order chi connectivity index (χ1) is 29.8. The van der Waals surface area contributed by atoms with Gasteiger partial charge in [-0.25, -0.2) is 0 Å².